The quantitative estimate of drug-likeness (QED) is 0.539. The van der Waals surface area contributed by atoms with Crippen LogP contribution in [0.2, 0.25) is 0 Å². The lowest BCUT2D eigenvalue weighted by atomic mass is 9.88. The maximum Gasteiger partial charge on any atom is 0.258 e. The van der Waals surface area contributed by atoms with Crippen LogP contribution in [-0.2, 0) is 19.3 Å². The molecule has 3 aromatic rings. The molecule has 0 radical (unpaired) electrons. The number of hydrogen-bond acceptors (Lipinski definition) is 3. The Kier molecular flexibility index (Phi) is 6.00. The largest absolute Gasteiger partial charge is 0.322 e. The molecule has 1 heterocycles. The van der Waals surface area contributed by atoms with E-state index in [4.69, 9.17) is 0 Å². The first-order valence-electron chi connectivity index (χ1n) is 10.5. The van der Waals surface area contributed by atoms with Crippen LogP contribution < -0.4 is 10.6 Å². The average molecular weight is 419 g/mol. The molecule has 1 aromatic heterocycles. The molecular formula is C25H26N2O2S. The summed E-state index contributed by atoms with van der Waals surface area (Å²) < 4.78 is 0. The van der Waals surface area contributed by atoms with Gasteiger partial charge in [-0.1, -0.05) is 50.2 Å². The highest BCUT2D eigenvalue weighted by Crippen LogP contribution is 2.40. The van der Waals surface area contributed by atoms with Crippen LogP contribution in [0.3, 0.4) is 0 Å². The molecule has 0 fully saturated rings. The Balaban J connectivity index is 1.68. The van der Waals surface area contributed by atoms with Gasteiger partial charge in [-0.3, -0.25) is 9.59 Å². The fourth-order valence-corrected chi connectivity index (χ4v) is 5.38. The number of rotatable bonds is 5. The Morgan fingerprint density at radius 2 is 1.73 bits per heavy atom. The van der Waals surface area contributed by atoms with Gasteiger partial charge in [0.05, 0.1) is 5.56 Å². The molecule has 1 atom stereocenters. The summed E-state index contributed by atoms with van der Waals surface area (Å²) in [7, 11) is 0. The van der Waals surface area contributed by atoms with E-state index in [1.54, 1.807) is 23.5 Å². The molecule has 2 amide bonds. The Hall–Kier alpha value is -2.92. The van der Waals surface area contributed by atoms with Gasteiger partial charge in [-0.15, -0.1) is 11.3 Å². The summed E-state index contributed by atoms with van der Waals surface area (Å²) in [5, 5.41) is 6.76. The highest BCUT2D eigenvalue weighted by atomic mass is 32.1. The van der Waals surface area contributed by atoms with Gasteiger partial charge in [-0.2, -0.15) is 0 Å². The minimum Gasteiger partial charge on any atom is -0.322 e. The molecule has 0 bridgehead atoms. The molecule has 1 aliphatic rings. The number of aryl methyl sites for hydroxylation is 1. The molecule has 4 nitrogen and oxygen atoms in total. The Morgan fingerprint density at radius 1 is 1.00 bits per heavy atom. The lowest BCUT2D eigenvalue weighted by Gasteiger charge is -2.19. The smallest absolute Gasteiger partial charge is 0.258 e. The highest BCUT2D eigenvalue weighted by molar-refractivity contribution is 7.17. The standard InChI is InChI=1S/C25H26N2O2S/c1-3-17-9-7-8-12-20(17)26-24(29)22-19-14-13-16(2)15-21(19)30-25(22)27-23(28)18-10-5-4-6-11-18/h4-12,16H,3,13-15H2,1-2H3,(H,26,29)(H,27,28)/t16-/m0/s1. The fourth-order valence-electron chi connectivity index (χ4n) is 3.98. The predicted octanol–water partition coefficient (Wildman–Crippen LogP) is 5.94. The summed E-state index contributed by atoms with van der Waals surface area (Å²) in [5.74, 6) is 0.252. The summed E-state index contributed by atoms with van der Waals surface area (Å²) in [6.45, 7) is 4.31. The molecule has 0 saturated heterocycles. The van der Waals surface area contributed by atoms with Crippen LogP contribution in [0.4, 0.5) is 10.7 Å². The van der Waals surface area contributed by atoms with Crippen molar-refractivity contribution in [2.45, 2.75) is 39.5 Å². The zero-order chi connectivity index (χ0) is 21.1. The Labute approximate surface area is 181 Å². The van der Waals surface area contributed by atoms with Gasteiger partial charge in [0, 0.05) is 16.1 Å². The van der Waals surface area contributed by atoms with Gasteiger partial charge in [0.2, 0.25) is 0 Å². The number of para-hydroxylation sites is 1. The van der Waals surface area contributed by atoms with E-state index in [0.717, 1.165) is 42.5 Å². The van der Waals surface area contributed by atoms with Crippen LogP contribution in [0.25, 0.3) is 0 Å². The lowest BCUT2D eigenvalue weighted by molar-refractivity contribution is 0.102. The molecule has 5 heteroatoms. The van der Waals surface area contributed by atoms with Crippen LogP contribution in [0.15, 0.2) is 54.6 Å². The van der Waals surface area contributed by atoms with Crippen LogP contribution in [0.5, 0.6) is 0 Å². The summed E-state index contributed by atoms with van der Waals surface area (Å²) in [6.07, 6.45) is 3.72. The first-order valence-corrected chi connectivity index (χ1v) is 11.3. The third-order valence-electron chi connectivity index (χ3n) is 5.65. The van der Waals surface area contributed by atoms with Crippen LogP contribution in [0.1, 0.15) is 57.0 Å². The number of benzene rings is 2. The number of fused-ring (bicyclic) bond motifs is 1. The second-order valence-corrected chi connectivity index (χ2v) is 8.95. The predicted molar refractivity (Wildman–Crippen MR) is 124 cm³/mol. The molecule has 0 saturated carbocycles. The van der Waals surface area contributed by atoms with Crippen molar-refractivity contribution in [3.05, 3.63) is 81.7 Å². The van der Waals surface area contributed by atoms with Gasteiger partial charge >= 0.3 is 0 Å². The molecule has 30 heavy (non-hydrogen) atoms. The van der Waals surface area contributed by atoms with E-state index in [1.165, 1.54) is 4.88 Å². The van der Waals surface area contributed by atoms with Crippen molar-refractivity contribution in [1.82, 2.24) is 0 Å². The lowest BCUT2D eigenvalue weighted by Crippen LogP contribution is -2.20. The van der Waals surface area contributed by atoms with Crippen molar-refractivity contribution < 1.29 is 9.59 Å². The molecule has 2 aromatic carbocycles. The van der Waals surface area contributed by atoms with Gasteiger partial charge in [-0.25, -0.2) is 0 Å². The molecule has 4 rings (SSSR count). The van der Waals surface area contributed by atoms with E-state index < -0.39 is 0 Å². The van der Waals surface area contributed by atoms with E-state index in [9.17, 15) is 9.59 Å². The van der Waals surface area contributed by atoms with Crippen molar-refractivity contribution in [2.75, 3.05) is 10.6 Å². The summed E-state index contributed by atoms with van der Waals surface area (Å²) in [5.41, 5.74) is 4.22. The van der Waals surface area contributed by atoms with Crippen molar-refractivity contribution >= 4 is 33.8 Å². The van der Waals surface area contributed by atoms with Crippen molar-refractivity contribution in [1.29, 1.82) is 0 Å². The third kappa shape index (κ3) is 4.17. The molecule has 1 aliphatic carbocycles. The van der Waals surface area contributed by atoms with Gasteiger partial charge in [0.1, 0.15) is 5.00 Å². The van der Waals surface area contributed by atoms with Gasteiger partial charge < -0.3 is 10.6 Å². The van der Waals surface area contributed by atoms with Crippen molar-refractivity contribution in [2.24, 2.45) is 5.92 Å². The monoisotopic (exact) mass is 418 g/mol. The first-order chi connectivity index (χ1) is 14.6. The zero-order valence-corrected chi connectivity index (χ0v) is 18.1. The van der Waals surface area contributed by atoms with Crippen molar-refractivity contribution in [3.63, 3.8) is 0 Å². The van der Waals surface area contributed by atoms with E-state index in [2.05, 4.69) is 24.5 Å². The fraction of sp³-hybridized carbons (Fsp3) is 0.280. The molecule has 2 N–H and O–H groups in total. The molecule has 0 aliphatic heterocycles. The van der Waals surface area contributed by atoms with Crippen LogP contribution in [0, 0.1) is 5.92 Å². The van der Waals surface area contributed by atoms with Crippen LogP contribution in [-0.4, -0.2) is 11.8 Å². The van der Waals surface area contributed by atoms with Gasteiger partial charge in [0.15, 0.2) is 0 Å². The number of nitrogens with one attached hydrogen (secondary N) is 2. The number of anilines is 2. The SMILES string of the molecule is CCc1ccccc1NC(=O)c1c(NC(=O)c2ccccc2)sc2c1CC[C@H](C)C2. The Bertz CT molecular complexity index is 1070. The highest BCUT2D eigenvalue weighted by Gasteiger charge is 2.28. The van der Waals surface area contributed by atoms with E-state index in [-0.39, 0.29) is 11.8 Å². The number of hydrogen-bond donors (Lipinski definition) is 2. The minimum atomic E-state index is -0.190. The summed E-state index contributed by atoms with van der Waals surface area (Å²) in [4.78, 5) is 27.4. The number of carbonyl (C=O) groups is 2. The summed E-state index contributed by atoms with van der Waals surface area (Å²) in [6, 6.07) is 17.0. The zero-order valence-electron chi connectivity index (χ0n) is 17.3. The van der Waals surface area contributed by atoms with Gasteiger partial charge in [0.25, 0.3) is 11.8 Å². The summed E-state index contributed by atoms with van der Waals surface area (Å²) >= 11 is 1.54. The van der Waals surface area contributed by atoms with Crippen LogP contribution >= 0.6 is 11.3 Å². The molecular weight excluding hydrogens is 392 g/mol. The Morgan fingerprint density at radius 3 is 2.50 bits per heavy atom. The number of amides is 2. The topological polar surface area (TPSA) is 58.2 Å². The second kappa shape index (κ2) is 8.84. The maximum absolute atomic E-state index is 13.4. The minimum absolute atomic E-state index is 0.147. The van der Waals surface area contributed by atoms with Crippen molar-refractivity contribution in [3.8, 4) is 0 Å². The maximum atomic E-state index is 13.4. The van der Waals surface area contributed by atoms with E-state index in [0.29, 0.717) is 22.0 Å². The first kappa shape index (κ1) is 20.4. The molecule has 0 unspecified atom stereocenters. The number of carbonyl (C=O) groups excluding carboxylic acids is 2. The number of thiophene rings is 1. The average Bonchev–Trinajstić information content (AvgIpc) is 3.11. The normalized spacial score (nSPS) is 15.3. The molecule has 154 valence electrons. The van der Waals surface area contributed by atoms with E-state index in [1.807, 2.05) is 42.5 Å². The third-order valence-corrected chi connectivity index (χ3v) is 6.82. The van der Waals surface area contributed by atoms with Gasteiger partial charge in [-0.05, 0) is 60.9 Å². The van der Waals surface area contributed by atoms with E-state index >= 15 is 0 Å². The second-order valence-electron chi connectivity index (χ2n) is 7.84. The molecule has 0 spiro atoms.